The molecule has 0 saturated heterocycles. The monoisotopic (exact) mass is 512 g/mol. The second kappa shape index (κ2) is 10.8. The molecule has 3 rings (SSSR count). The molecule has 3 aromatic rings. The van der Waals surface area contributed by atoms with Crippen LogP contribution in [0.4, 0.5) is 33.3 Å². The Balaban J connectivity index is 2.09. The van der Waals surface area contributed by atoms with Crippen molar-refractivity contribution in [3.8, 4) is 0 Å². The molecule has 35 heavy (non-hydrogen) atoms. The molecular weight excluding hydrogens is 495 g/mol. The number of rotatable bonds is 7. The van der Waals surface area contributed by atoms with E-state index in [0.717, 1.165) is 4.90 Å². The molecule has 1 unspecified atom stereocenters. The highest BCUT2D eigenvalue weighted by Gasteiger charge is 2.31. The van der Waals surface area contributed by atoms with Gasteiger partial charge in [-0.05, 0) is 30.2 Å². The normalized spacial score (nSPS) is 11.8. The fourth-order valence-corrected chi connectivity index (χ4v) is 3.39. The van der Waals surface area contributed by atoms with Crippen molar-refractivity contribution in [3.05, 3.63) is 93.8 Å². The Kier molecular flexibility index (Phi) is 8.08. The molecule has 0 radical (unpaired) electrons. The molecule has 184 valence electrons. The Morgan fingerprint density at radius 1 is 0.943 bits per heavy atom. The van der Waals surface area contributed by atoms with Crippen LogP contribution in [0.3, 0.4) is 0 Å². The van der Waals surface area contributed by atoms with Crippen LogP contribution < -0.4 is 10.2 Å². The van der Waals surface area contributed by atoms with Gasteiger partial charge in [0.2, 0.25) is 5.82 Å². The zero-order valence-corrected chi connectivity index (χ0v) is 18.8. The molecule has 5 nitrogen and oxygen atoms in total. The summed E-state index contributed by atoms with van der Waals surface area (Å²) in [5.41, 5.74) is -1.37. The molecule has 0 aliphatic carbocycles. The Labute approximate surface area is 201 Å². The molecule has 1 atom stereocenters. The number of carbonyl (C=O) groups is 2. The summed E-state index contributed by atoms with van der Waals surface area (Å²) in [4.78, 5) is 26.7. The Morgan fingerprint density at radius 3 is 2.09 bits per heavy atom. The SMILES string of the molecule is CCC(O)C(=O)N(Cc1ccccc1)c1cc(Cl)ccc1NC(=O)c1c(F)c(F)c(F)c(F)c1F. The number of amides is 2. The predicted molar refractivity (Wildman–Crippen MR) is 120 cm³/mol. The Morgan fingerprint density at radius 2 is 1.51 bits per heavy atom. The summed E-state index contributed by atoms with van der Waals surface area (Å²) in [5, 5.41) is 12.4. The molecule has 0 aliphatic rings. The van der Waals surface area contributed by atoms with Crippen LogP contribution in [0.25, 0.3) is 0 Å². The first kappa shape index (κ1) is 26.1. The van der Waals surface area contributed by atoms with E-state index in [4.69, 9.17) is 11.6 Å². The molecule has 3 aromatic carbocycles. The van der Waals surface area contributed by atoms with Gasteiger partial charge in [-0.2, -0.15) is 0 Å². The van der Waals surface area contributed by atoms with Crippen LogP contribution in [0.5, 0.6) is 0 Å². The first-order valence-electron chi connectivity index (χ1n) is 10.2. The zero-order chi connectivity index (χ0) is 25.9. The predicted octanol–water partition coefficient (Wildman–Crippen LogP) is 5.59. The summed E-state index contributed by atoms with van der Waals surface area (Å²) in [5.74, 6) is -14.0. The van der Waals surface area contributed by atoms with Crippen molar-refractivity contribution in [2.75, 3.05) is 10.2 Å². The van der Waals surface area contributed by atoms with Crippen molar-refractivity contribution in [1.82, 2.24) is 0 Å². The zero-order valence-electron chi connectivity index (χ0n) is 18.1. The average molecular weight is 513 g/mol. The molecule has 0 aliphatic heterocycles. The largest absolute Gasteiger partial charge is 0.383 e. The lowest BCUT2D eigenvalue weighted by Gasteiger charge is -2.27. The van der Waals surface area contributed by atoms with E-state index in [9.17, 15) is 36.6 Å². The maximum absolute atomic E-state index is 14.1. The third-order valence-corrected chi connectivity index (χ3v) is 5.29. The van der Waals surface area contributed by atoms with E-state index in [0.29, 0.717) is 5.56 Å². The molecule has 0 aromatic heterocycles. The van der Waals surface area contributed by atoms with E-state index in [-0.39, 0.29) is 29.4 Å². The minimum atomic E-state index is -2.41. The summed E-state index contributed by atoms with van der Waals surface area (Å²) >= 11 is 6.07. The molecular formula is C24H18ClF5N2O3. The third-order valence-electron chi connectivity index (χ3n) is 5.06. The highest BCUT2D eigenvalue weighted by atomic mass is 35.5. The second-order valence-electron chi connectivity index (χ2n) is 7.39. The smallest absolute Gasteiger partial charge is 0.261 e. The van der Waals surface area contributed by atoms with Gasteiger partial charge in [0.25, 0.3) is 11.8 Å². The number of hydrogen-bond donors (Lipinski definition) is 2. The van der Waals surface area contributed by atoms with Crippen molar-refractivity contribution in [1.29, 1.82) is 0 Å². The molecule has 11 heteroatoms. The summed E-state index contributed by atoms with van der Waals surface area (Å²) in [6.45, 7) is 1.47. The maximum atomic E-state index is 14.1. The topological polar surface area (TPSA) is 69.6 Å². The molecule has 0 heterocycles. The minimum absolute atomic E-state index is 0.0525. The number of nitrogens with one attached hydrogen (secondary N) is 1. The Bertz CT molecular complexity index is 1240. The molecule has 0 spiro atoms. The van der Waals surface area contributed by atoms with E-state index in [1.165, 1.54) is 18.2 Å². The highest BCUT2D eigenvalue weighted by Crippen LogP contribution is 2.33. The fraction of sp³-hybridized carbons (Fsp3) is 0.167. The van der Waals surface area contributed by atoms with Gasteiger partial charge in [-0.15, -0.1) is 0 Å². The number of carbonyl (C=O) groups excluding carboxylic acids is 2. The standard InChI is InChI=1S/C24H18ClF5N2O3/c1-2-16(33)24(35)32(11-12-6-4-3-5-7-12)15-10-13(25)8-9-14(15)31-23(34)17-18(26)20(28)22(30)21(29)19(17)27/h3-10,16,33H,2,11H2,1H3,(H,31,34). The second-order valence-corrected chi connectivity index (χ2v) is 7.83. The van der Waals surface area contributed by atoms with Gasteiger partial charge < -0.3 is 15.3 Å². The van der Waals surface area contributed by atoms with Crippen molar-refractivity contribution in [3.63, 3.8) is 0 Å². The highest BCUT2D eigenvalue weighted by molar-refractivity contribution is 6.31. The van der Waals surface area contributed by atoms with Gasteiger partial charge in [-0.1, -0.05) is 48.9 Å². The number of hydrogen-bond acceptors (Lipinski definition) is 3. The van der Waals surface area contributed by atoms with E-state index in [1.54, 1.807) is 37.3 Å². The van der Waals surface area contributed by atoms with Crippen LogP contribution in [-0.2, 0) is 11.3 Å². The molecule has 2 amide bonds. The lowest BCUT2D eigenvalue weighted by molar-refractivity contribution is -0.126. The lowest BCUT2D eigenvalue weighted by Crippen LogP contribution is -2.39. The Hall–Kier alpha value is -3.50. The quantitative estimate of drug-likeness (QED) is 0.246. The number of halogens is 6. The molecule has 2 N–H and O–H groups in total. The first-order chi connectivity index (χ1) is 16.6. The first-order valence-corrected chi connectivity index (χ1v) is 10.6. The molecule has 0 fully saturated rings. The molecule has 0 bridgehead atoms. The minimum Gasteiger partial charge on any atom is -0.383 e. The van der Waals surface area contributed by atoms with Gasteiger partial charge in [0.1, 0.15) is 11.7 Å². The van der Waals surface area contributed by atoms with Gasteiger partial charge in [0, 0.05) is 5.02 Å². The van der Waals surface area contributed by atoms with Crippen LogP contribution in [0.2, 0.25) is 5.02 Å². The number of benzene rings is 3. The number of anilines is 2. The van der Waals surface area contributed by atoms with Crippen molar-refractivity contribution in [2.24, 2.45) is 0 Å². The van der Waals surface area contributed by atoms with Crippen molar-refractivity contribution in [2.45, 2.75) is 26.0 Å². The van der Waals surface area contributed by atoms with Crippen molar-refractivity contribution < 1.29 is 36.6 Å². The lowest BCUT2D eigenvalue weighted by atomic mass is 10.1. The third kappa shape index (κ3) is 5.44. The van der Waals surface area contributed by atoms with Gasteiger partial charge in [0.15, 0.2) is 23.3 Å². The van der Waals surface area contributed by atoms with Crippen LogP contribution in [0, 0.1) is 29.1 Å². The summed E-state index contributed by atoms with van der Waals surface area (Å²) in [6.07, 6.45) is -1.38. The average Bonchev–Trinajstić information content (AvgIpc) is 2.85. The van der Waals surface area contributed by atoms with E-state index >= 15 is 0 Å². The van der Waals surface area contributed by atoms with Crippen LogP contribution in [-0.4, -0.2) is 23.0 Å². The number of aliphatic hydroxyl groups is 1. The van der Waals surface area contributed by atoms with Gasteiger partial charge in [-0.3, -0.25) is 9.59 Å². The maximum Gasteiger partial charge on any atom is 0.261 e. The van der Waals surface area contributed by atoms with Gasteiger partial charge >= 0.3 is 0 Å². The van der Waals surface area contributed by atoms with Crippen LogP contribution in [0.1, 0.15) is 29.3 Å². The van der Waals surface area contributed by atoms with E-state index in [2.05, 4.69) is 5.32 Å². The van der Waals surface area contributed by atoms with E-state index < -0.39 is 52.6 Å². The summed E-state index contributed by atoms with van der Waals surface area (Å²) < 4.78 is 68.9. The molecule has 0 saturated carbocycles. The van der Waals surface area contributed by atoms with E-state index in [1.807, 2.05) is 0 Å². The van der Waals surface area contributed by atoms with Gasteiger partial charge in [-0.25, -0.2) is 22.0 Å². The number of aliphatic hydroxyl groups excluding tert-OH is 1. The van der Waals surface area contributed by atoms with Crippen molar-refractivity contribution >= 4 is 34.8 Å². The van der Waals surface area contributed by atoms with Gasteiger partial charge in [0.05, 0.1) is 17.9 Å². The fourth-order valence-electron chi connectivity index (χ4n) is 3.23. The van der Waals surface area contributed by atoms with Crippen LogP contribution in [0.15, 0.2) is 48.5 Å². The number of nitrogens with zero attached hydrogens (tertiary/aromatic N) is 1. The summed E-state index contributed by atoms with van der Waals surface area (Å²) in [6, 6.07) is 12.2. The summed E-state index contributed by atoms with van der Waals surface area (Å²) in [7, 11) is 0. The van der Waals surface area contributed by atoms with Crippen LogP contribution >= 0.6 is 11.6 Å².